The second-order valence-corrected chi connectivity index (χ2v) is 7.14. The number of carbonyl (C=O) groups is 3. The van der Waals surface area contributed by atoms with Crippen molar-refractivity contribution >= 4 is 39.9 Å². The van der Waals surface area contributed by atoms with Crippen LogP contribution in [0.5, 0.6) is 5.75 Å². The lowest BCUT2D eigenvalue weighted by molar-refractivity contribution is -0.122. The summed E-state index contributed by atoms with van der Waals surface area (Å²) in [5.74, 6) is -1.63. The molecule has 30 heavy (non-hydrogen) atoms. The summed E-state index contributed by atoms with van der Waals surface area (Å²) in [7, 11) is 0. The van der Waals surface area contributed by atoms with Crippen LogP contribution in [0.1, 0.15) is 23.7 Å². The predicted molar refractivity (Wildman–Crippen MR) is 113 cm³/mol. The van der Waals surface area contributed by atoms with E-state index >= 15 is 0 Å². The molecule has 0 saturated carbocycles. The second-order valence-electron chi connectivity index (χ2n) is 7.14. The molecule has 1 heterocycles. The molecule has 4 rings (SSSR count). The molecule has 0 bridgehead atoms. The van der Waals surface area contributed by atoms with E-state index in [1.54, 1.807) is 49.4 Å². The van der Waals surface area contributed by atoms with Crippen LogP contribution < -0.4 is 10.2 Å². The summed E-state index contributed by atoms with van der Waals surface area (Å²) < 4.78 is 5.21. The van der Waals surface area contributed by atoms with Crippen molar-refractivity contribution in [2.45, 2.75) is 19.4 Å². The average molecular weight is 404 g/mol. The number of anilines is 2. The van der Waals surface area contributed by atoms with Gasteiger partial charge in [0.15, 0.2) is 6.61 Å². The van der Waals surface area contributed by atoms with E-state index in [9.17, 15) is 19.5 Å². The third-order valence-corrected chi connectivity index (χ3v) is 5.08. The Morgan fingerprint density at radius 3 is 2.67 bits per heavy atom. The topological polar surface area (TPSA) is 95.9 Å². The summed E-state index contributed by atoms with van der Waals surface area (Å²) >= 11 is 0. The Balaban J connectivity index is 1.54. The molecule has 2 amide bonds. The fourth-order valence-corrected chi connectivity index (χ4v) is 3.66. The number of hydrogen-bond donors (Lipinski definition) is 2. The first-order valence-electron chi connectivity index (χ1n) is 9.54. The number of hydrogen-bond acceptors (Lipinski definition) is 5. The second kappa shape index (κ2) is 7.87. The first kappa shape index (κ1) is 19.4. The molecule has 1 unspecified atom stereocenters. The molecule has 7 nitrogen and oxygen atoms in total. The number of fused-ring (bicyclic) bond motifs is 2. The van der Waals surface area contributed by atoms with E-state index in [0.717, 1.165) is 5.39 Å². The van der Waals surface area contributed by atoms with Crippen LogP contribution in [0.2, 0.25) is 0 Å². The molecule has 3 aromatic rings. The highest BCUT2D eigenvalue weighted by atomic mass is 16.5. The number of ether oxygens (including phenoxy) is 1. The molecule has 152 valence electrons. The fourth-order valence-electron chi connectivity index (χ4n) is 3.66. The van der Waals surface area contributed by atoms with Crippen molar-refractivity contribution in [3.63, 3.8) is 0 Å². The predicted octanol–water partition coefficient (Wildman–Crippen LogP) is 3.47. The lowest BCUT2D eigenvalue weighted by Gasteiger charge is -2.27. The van der Waals surface area contributed by atoms with Crippen molar-refractivity contribution in [1.29, 1.82) is 0 Å². The average Bonchev–Trinajstić information content (AvgIpc) is 2.86. The Hall–Kier alpha value is -3.87. The van der Waals surface area contributed by atoms with Crippen LogP contribution in [0.4, 0.5) is 11.4 Å². The molecular formula is C23H20N2O5. The zero-order chi connectivity index (χ0) is 21.3. The van der Waals surface area contributed by atoms with Gasteiger partial charge in [-0.25, -0.2) is 4.79 Å². The number of nitrogens with one attached hydrogen (secondary N) is 1. The van der Waals surface area contributed by atoms with Gasteiger partial charge in [-0.2, -0.15) is 0 Å². The molecular weight excluding hydrogens is 384 g/mol. The maximum Gasteiger partial charge on any atom is 0.342 e. The Labute approximate surface area is 172 Å². The number of esters is 1. The van der Waals surface area contributed by atoms with Gasteiger partial charge in [-0.1, -0.05) is 42.5 Å². The van der Waals surface area contributed by atoms with E-state index in [-0.39, 0.29) is 23.6 Å². The van der Waals surface area contributed by atoms with Gasteiger partial charge in [-0.3, -0.25) is 9.59 Å². The lowest BCUT2D eigenvalue weighted by Crippen LogP contribution is -2.41. The standard InChI is InChI=1S/C23H20N2O5/c1-14-12-20(26)24-18-8-4-5-9-19(18)25(14)21(27)13-30-23(29)17-11-10-15-6-2-3-7-16(15)22(17)28/h2-11,14,28H,12-13H2,1H3,(H,24,26). The normalized spacial score (nSPS) is 15.8. The number of rotatable bonds is 3. The first-order valence-corrected chi connectivity index (χ1v) is 9.54. The summed E-state index contributed by atoms with van der Waals surface area (Å²) in [6.07, 6.45) is 0.125. The van der Waals surface area contributed by atoms with Gasteiger partial charge in [0, 0.05) is 17.8 Å². The van der Waals surface area contributed by atoms with E-state index in [2.05, 4.69) is 5.32 Å². The molecule has 0 aliphatic carbocycles. The number of benzene rings is 3. The minimum Gasteiger partial charge on any atom is -0.506 e. The van der Waals surface area contributed by atoms with E-state index in [1.807, 2.05) is 12.1 Å². The third-order valence-electron chi connectivity index (χ3n) is 5.08. The van der Waals surface area contributed by atoms with Crippen LogP contribution in [0.15, 0.2) is 60.7 Å². The molecule has 0 aromatic heterocycles. The van der Waals surface area contributed by atoms with E-state index in [0.29, 0.717) is 16.8 Å². The van der Waals surface area contributed by atoms with E-state index in [4.69, 9.17) is 4.74 Å². The van der Waals surface area contributed by atoms with Crippen LogP contribution in [0.25, 0.3) is 10.8 Å². The van der Waals surface area contributed by atoms with Gasteiger partial charge in [0.1, 0.15) is 11.3 Å². The van der Waals surface area contributed by atoms with Crippen LogP contribution in [0.3, 0.4) is 0 Å². The number of phenolic OH excluding ortho intramolecular Hbond substituents is 1. The quantitative estimate of drug-likeness (QED) is 0.652. The van der Waals surface area contributed by atoms with Crippen molar-refractivity contribution < 1.29 is 24.2 Å². The van der Waals surface area contributed by atoms with Crippen molar-refractivity contribution in [3.05, 3.63) is 66.2 Å². The Bertz CT molecular complexity index is 1160. The van der Waals surface area contributed by atoms with Gasteiger partial charge in [0.2, 0.25) is 5.91 Å². The van der Waals surface area contributed by atoms with Gasteiger partial charge in [0.25, 0.3) is 5.91 Å². The molecule has 3 aromatic carbocycles. The largest absolute Gasteiger partial charge is 0.506 e. The van der Waals surface area contributed by atoms with Crippen molar-refractivity contribution in [2.24, 2.45) is 0 Å². The number of amides is 2. The highest BCUT2D eigenvalue weighted by molar-refractivity contribution is 6.06. The number of carbonyl (C=O) groups excluding carboxylic acids is 3. The molecule has 1 atom stereocenters. The van der Waals surface area contributed by atoms with Crippen LogP contribution in [-0.2, 0) is 14.3 Å². The maximum atomic E-state index is 12.9. The van der Waals surface area contributed by atoms with Crippen LogP contribution >= 0.6 is 0 Å². The maximum absolute atomic E-state index is 12.9. The Morgan fingerprint density at radius 2 is 1.83 bits per heavy atom. The number of nitrogens with zero attached hydrogens (tertiary/aromatic N) is 1. The molecule has 1 aliphatic rings. The molecule has 1 aliphatic heterocycles. The fraction of sp³-hybridized carbons (Fsp3) is 0.174. The number of aromatic hydroxyl groups is 1. The third kappa shape index (κ3) is 3.57. The molecule has 0 saturated heterocycles. The Morgan fingerprint density at radius 1 is 1.10 bits per heavy atom. The SMILES string of the molecule is CC1CC(=O)Nc2ccccc2N1C(=O)COC(=O)c1ccc2ccccc2c1O. The van der Waals surface area contributed by atoms with E-state index < -0.39 is 24.5 Å². The minimum absolute atomic E-state index is 0.0114. The zero-order valence-electron chi connectivity index (χ0n) is 16.3. The number of para-hydroxylation sites is 2. The van der Waals surface area contributed by atoms with Gasteiger partial charge in [-0.05, 0) is 30.5 Å². The highest BCUT2D eigenvalue weighted by Gasteiger charge is 2.30. The highest BCUT2D eigenvalue weighted by Crippen LogP contribution is 2.32. The summed E-state index contributed by atoms with van der Waals surface area (Å²) in [4.78, 5) is 39.0. The number of phenols is 1. The lowest BCUT2D eigenvalue weighted by atomic mass is 10.1. The summed E-state index contributed by atoms with van der Waals surface area (Å²) in [5, 5.41) is 14.5. The zero-order valence-corrected chi connectivity index (χ0v) is 16.3. The van der Waals surface area contributed by atoms with Gasteiger partial charge < -0.3 is 20.1 Å². The summed E-state index contributed by atoms with van der Waals surface area (Å²) in [6, 6.07) is 16.9. The first-order chi connectivity index (χ1) is 14.5. The Kier molecular flexibility index (Phi) is 5.10. The van der Waals surface area contributed by atoms with Crippen molar-refractivity contribution in [1.82, 2.24) is 0 Å². The molecule has 0 spiro atoms. The minimum atomic E-state index is -0.795. The van der Waals surface area contributed by atoms with Crippen molar-refractivity contribution in [3.8, 4) is 5.75 Å². The summed E-state index contributed by atoms with van der Waals surface area (Å²) in [6.45, 7) is 1.24. The molecule has 0 fully saturated rings. The monoisotopic (exact) mass is 404 g/mol. The summed E-state index contributed by atoms with van der Waals surface area (Å²) in [5.41, 5.74) is 1.06. The molecule has 0 radical (unpaired) electrons. The van der Waals surface area contributed by atoms with Gasteiger partial charge in [0.05, 0.1) is 11.4 Å². The van der Waals surface area contributed by atoms with Gasteiger partial charge in [-0.15, -0.1) is 0 Å². The van der Waals surface area contributed by atoms with Crippen molar-refractivity contribution in [2.75, 3.05) is 16.8 Å². The molecule has 7 heteroatoms. The van der Waals surface area contributed by atoms with Crippen LogP contribution in [-0.4, -0.2) is 35.5 Å². The smallest absolute Gasteiger partial charge is 0.342 e. The van der Waals surface area contributed by atoms with E-state index in [1.165, 1.54) is 11.0 Å². The van der Waals surface area contributed by atoms with Gasteiger partial charge >= 0.3 is 5.97 Å². The molecule has 2 N–H and O–H groups in total. The van der Waals surface area contributed by atoms with Crippen LogP contribution in [0, 0.1) is 0 Å².